The molecule has 36 heavy (non-hydrogen) atoms. The number of ether oxygens (including phenoxy) is 1. The highest BCUT2D eigenvalue weighted by molar-refractivity contribution is 5.95. The predicted molar refractivity (Wildman–Crippen MR) is 137 cm³/mol. The van der Waals surface area contributed by atoms with E-state index in [4.69, 9.17) is 4.74 Å². The van der Waals surface area contributed by atoms with E-state index in [2.05, 4.69) is 34.4 Å². The number of nitrogens with zero attached hydrogens (tertiary/aromatic N) is 4. The van der Waals surface area contributed by atoms with Crippen molar-refractivity contribution in [3.05, 3.63) is 102 Å². The van der Waals surface area contributed by atoms with Crippen molar-refractivity contribution in [2.45, 2.75) is 31.9 Å². The van der Waals surface area contributed by atoms with Gasteiger partial charge in [0, 0.05) is 19.5 Å². The molecule has 0 bridgehead atoms. The van der Waals surface area contributed by atoms with Gasteiger partial charge in [-0.25, -0.2) is 9.07 Å². The summed E-state index contributed by atoms with van der Waals surface area (Å²) < 4.78 is 20.8. The third-order valence-corrected chi connectivity index (χ3v) is 6.56. The number of halogens is 1. The van der Waals surface area contributed by atoms with Gasteiger partial charge in [-0.15, -0.1) is 5.10 Å². The highest BCUT2D eigenvalue weighted by atomic mass is 19.1. The summed E-state index contributed by atoms with van der Waals surface area (Å²) in [6.07, 6.45) is 4.29. The van der Waals surface area contributed by atoms with E-state index in [1.807, 2.05) is 36.4 Å². The summed E-state index contributed by atoms with van der Waals surface area (Å²) in [5.74, 6) is 0.528. The number of hydrogen-bond acceptors (Lipinski definition) is 5. The zero-order valence-corrected chi connectivity index (χ0v) is 20.3. The Balaban J connectivity index is 1.16. The van der Waals surface area contributed by atoms with Crippen molar-refractivity contribution in [1.82, 2.24) is 19.9 Å². The van der Waals surface area contributed by atoms with E-state index < -0.39 is 0 Å². The highest BCUT2D eigenvalue weighted by Gasteiger charge is 2.18. The molecule has 1 aromatic heterocycles. The van der Waals surface area contributed by atoms with Crippen LogP contribution in [0, 0.1) is 5.82 Å². The minimum atomic E-state index is -0.284. The van der Waals surface area contributed by atoms with Gasteiger partial charge in [0.05, 0.1) is 12.7 Å². The molecule has 2 heterocycles. The number of hydrogen-bond donors (Lipinski definition) is 0. The average Bonchev–Trinajstić information content (AvgIpc) is 3.37. The van der Waals surface area contributed by atoms with Gasteiger partial charge < -0.3 is 9.64 Å². The first-order valence-corrected chi connectivity index (χ1v) is 12.2. The van der Waals surface area contributed by atoms with Crippen LogP contribution in [0.25, 0.3) is 11.1 Å². The molecule has 0 unspecified atom stereocenters. The van der Waals surface area contributed by atoms with E-state index >= 15 is 0 Å². The molecule has 4 aromatic rings. The topological polar surface area (TPSA) is 60.2 Å². The summed E-state index contributed by atoms with van der Waals surface area (Å²) in [4.78, 5) is 15.0. The zero-order valence-electron chi connectivity index (χ0n) is 20.3. The molecule has 1 aliphatic rings. The number of piperidine rings is 1. The average molecular weight is 485 g/mol. The monoisotopic (exact) mass is 484 g/mol. The van der Waals surface area contributed by atoms with Crippen molar-refractivity contribution in [3.8, 4) is 16.9 Å². The number of ketones is 1. The summed E-state index contributed by atoms with van der Waals surface area (Å²) in [5.41, 5.74) is 4.31. The van der Waals surface area contributed by atoms with Crippen molar-refractivity contribution in [3.63, 3.8) is 0 Å². The van der Waals surface area contributed by atoms with Gasteiger partial charge >= 0.3 is 0 Å². The van der Waals surface area contributed by atoms with Crippen molar-refractivity contribution in [2.75, 3.05) is 20.1 Å². The van der Waals surface area contributed by atoms with Gasteiger partial charge in [0.25, 0.3) is 0 Å². The van der Waals surface area contributed by atoms with Crippen LogP contribution in [0.3, 0.4) is 0 Å². The van der Waals surface area contributed by atoms with Gasteiger partial charge in [0.2, 0.25) is 0 Å². The van der Waals surface area contributed by atoms with Crippen LogP contribution in [0.1, 0.15) is 34.5 Å². The smallest absolute Gasteiger partial charge is 0.189 e. The maximum absolute atomic E-state index is 13.1. The second-order valence-corrected chi connectivity index (χ2v) is 9.37. The number of carbonyl (C=O) groups is 1. The molecule has 3 aromatic carbocycles. The Kier molecular flexibility index (Phi) is 7.18. The second-order valence-electron chi connectivity index (χ2n) is 9.37. The lowest BCUT2D eigenvalue weighted by atomic mass is 10.0. The third-order valence-electron chi connectivity index (χ3n) is 6.56. The summed E-state index contributed by atoms with van der Waals surface area (Å²) in [7, 11) is 2.15. The molecule has 0 atom stereocenters. The minimum absolute atomic E-state index is 0.0940. The molecule has 5 rings (SSSR count). The molecule has 0 spiro atoms. The molecule has 1 fully saturated rings. The van der Waals surface area contributed by atoms with Crippen LogP contribution in [-0.4, -0.2) is 51.9 Å². The SMILES string of the molecule is CN1CCC(Oc2ccc(-c3ccc(CC(=O)c4cn(Cc5ccc(F)cc5)nn4)cc3)cc2)CC1. The van der Waals surface area contributed by atoms with Crippen LogP contribution in [0.2, 0.25) is 0 Å². The first kappa shape index (κ1) is 23.9. The lowest BCUT2D eigenvalue weighted by Gasteiger charge is -2.29. The van der Waals surface area contributed by atoms with Gasteiger partial charge in [-0.1, -0.05) is 53.7 Å². The number of aromatic nitrogens is 3. The van der Waals surface area contributed by atoms with E-state index in [0.717, 1.165) is 53.9 Å². The highest BCUT2D eigenvalue weighted by Crippen LogP contribution is 2.25. The largest absolute Gasteiger partial charge is 0.490 e. The Hall–Kier alpha value is -3.84. The molecule has 7 heteroatoms. The maximum Gasteiger partial charge on any atom is 0.189 e. The fourth-order valence-corrected chi connectivity index (χ4v) is 4.39. The molecule has 1 aliphatic heterocycles. The number of benzene rings is 3. The summed E-state index contributed by atoms with van der Waals surface area (Å²) in [5, 5.41) is 8.06. The Morgan fingerprint density at radius 1 is 0.917 bits per heavy atom. The quantitative estimate of drug-likeness (QED) is 0.328. The van der Waals surface area contributed by atoms with Crippen molar-refractivity contribution < 1.29 is 13.9 Å². The maximum atomic E-state index is 13.1. The summed E-state index contributed by atoms with van der Waals surface area (Å²) in [6.45, 7) is 2.58. The van der Waals surface area contributed by atoms with Gasteiger partial charge in [-0.3, -0.25) is 4.79 Å². The number of Topliss-reactive ketones (excluding diaryl/α,β-unsaturated/α-hetero) is 1. The third kappa shape index (κ3) is 6.04. The van der Waals surface area contributed by atoms with E-state index in [1.165, 1.54) is 12.1 Å². The summed E-state index contributed by atoms with van der Waals surface area (Å²) >= 11 is 0. The fourth-order valence-electron chi connectivity index (χ4n) is 4.39. The molecular formula is C29H29FN4O2. The molecule has 6 nitrogen and oxygen atoms in total. The Labute approximate surface area is 210 Å². The number of rotatable bonds is 8. The first-order valence-electron chi connectivity index (χ1n) is 12.2. The van der Waals surface area contributed by atoms with E-state index in [0.29, 0.717) is 12.2 Å². The van der Waals surface area contributed by atoms with Gasteiger partial charge in [0.1, 0.15) is 23.4 Å². The minimum Gasteiger partial charge on any atom is -0.490 e. The number of likely N-dealkylation sites (tertiary alicyclic amines) is 1. The molecule has 0 saturated carbocycles. The van der Waals surface area contributed by atoms with Crippen LogP contribution in [0.4, 0.5) is 4.39 Å². The fraction of sp³-hybridized carbons (Fsp3) is 0.276. The Morgan fingerprint density at radius 2 is 1.53 bits per heavy atom. The lowest BCUT2D eigenvalue weighted by molar-refractivity contribution is 0.0988. The Bertz CT molecular complexity index is 1290. The molecular weight excluding hydrogens is 455 g/mol. The van der Waals surface area contributed by atoms with Crippen LogP contribution in [0.5, 0.6) is 5.75 Å². The van der Waals surface area contributed by atoms with Gasteiger partial charge in [-0.2, -0.15) is 0 Å². The molecule has 184 valence electrons. The normalized spacial score (nSPS) is 14.6. The molecule has 0 amide bonds. The van der Waals surface area contributed by atoms with Crippen LogP contribution >= 0.6 is 0 Å². The Morgan fingerprint density at radius 3 is 2.19 bits per heavy atom. The lowest BCUT2D eigenvalue weighted by Crippen LogP contribution is -2.35. The van der Waals surface area contributed by atoms with E-state index in [1.54, 1.807) is 23.0 Å². The number of carbonyl (C=O) groups excluding carboxylic acids is 1. The van der Waals surface area contributed by atoms with Crippen LogP contribution in [-0.2, 0) is 13.0 Å². The van der Waals surface area contributed by atoms with Crippen molar-refractivity contribution >= 4 is 5.78 Å². The molecule has 0 aliphatic carbocycles. The predicted octanol–water partition coefficient (Wildman–Crippen LogP) is 5.03. The second kappa shape index (κ2) is 10.8. The standard InChI is InChI=1S/C29H29FN4O2/c1-33-16-14-27(15-17-33)36-26-12-8-24(9-13-26)23-6-2-21(3-7-23)18-29(35)28-20-34(32-31-28)19-22-4-10-25(30)11-5-22/h2-13,20,27H,14-19H2,1H3. The zero-order chi connectivity index (χ0) is 24.9. The summed E-state index contributed by atoms with van der Waals surface area (Å²) in [6, 6.07) is 22.4. The molecule has 1 saturated heterocycles. The molecule has 0 radical (unpaired) electrons. The van der Waals surface area contributed by atoms with Crippen LogP contribution in [0.15, 0.2) is 79.0 Å². The van der Waals surface area contributed by atoms with E-state index in [9.17, 15) is 9.18 Å². The van der Waals surface area contributed by atoms with E-state index in [-0.39, 0.29) is 24.1 Å². The van der Waals surface area contributed by atoms with Gasteiger partial charge in [0.15, 0.2) is 5.78 Å². The van der Waals surface area contributed by atoms with Crippen LogP contribution < -0.4 is 4.74 Å². The first-order chi connectivity index (χ1) is 17.5. The molecule has 0 N–H and O–H groups in total. The van der Waals surface area contributed by atoms with Gasteiger partial charge in [-0.05, 0) is 66.4 Å². The van der Waals surface area contributed by atoms with Crippen molar-refractivity contribution in [2.24, 2.45) is 0 Å². The van der Waals surface area contributed by atoms with Crippen molar-refractivity contribution in [1.29, 1.82) is 0 Å².